The van der Waals surface area contributed by atoms with Gasteiger partial charge in [0, 0.05) is 6.54 Å². The van der Waals surface area contributed by atoms with Crippen molar-refractivity contribution in [3.63, 3.8) is 0 Å². The maximum absolute atomic E-state index is 3.67. The van der Waals surface area contributed by atoms with E-state index < -0.39 is 0 Å². The van der Waals surface area contributed by atoms with Crippen LogP contribution < -0.4 is 5.32 Å². The number of benzene rings is 1. The Morgan fingerprint density at radius 3 is 2.75 bits per heavy atom. The molecule has 0 aliphatic carbocycles. The number of rotatable bonds is 1. The summed E-state index contributed by atoms with van der Waals surface area (Å²) < 4.78 is 0. The molecule has 1 aromatic rings. The summed E-state index contributed by atoms with van der Waals surface area (Å²) in [4.78, 5) is 2.61. The molecule has 0 saturated carbocycles. The summed E-state index contributed by atoms with van der Waals surface area (Å²) in [5, 5.41) is 3.67. The van der Waals surface area contributed by atoms with Gasteiger partial charge in [0.05, 0.1) is 6.17 Å². The van der Waals surface area contributed by atoms with E-state index in [9.17, 15) is 0 Å². The highest BCUT2D eigenvalue weighted by atomic mass is 15.3. The zero-order valence-corrected chi connectivity index (χ0v) is 9.78. The molecule has 1 saturated heterocycles. The number of nitrogens with zero attached hydrogens (tertiary/aromatic N) is 1. The first-order chi connectivity index (χ1) is 7.95. The molecule has 1 atom stereocenters. The van der Waals surface area contributed by atoms with Crippen LogP contribution in [0.5, 0.6) is 0 Å². The van der Waals surface area contributed by atoms with E-state index in [1.807, 2.05) is 0 Å². The first kappa shape index (κ1) is 10.3. The molecule has 0 amide bonds. The van der Waals surface area contributed by atoms with Crippen LogP contribution in [-0.2, 0) is 6.42 Å². The van der Waals surface area contributed by atoms with Crippen molar-refractivity contribution in [2.75, 3.05) is 19.6 Å². The molecule has 3 rings (SSSR count). The third-order valence-corrected chi connectivity index (χ3v) is 3.84. The minimum atomic E-state index is 0.477. The summed E-state index contributed by atoms with van der Waals surface area (Å²) in [6.45, 7) is 3.64. The summed E-state index contributed by atoms with van der Waals surface area (Å²) in [7, 11) is 0. The lowest BCUT2D eigenvalue weighted by Crippen LogP contribution is -2.44. The lowest BCUT2D eigenvalue weighted by Gasteiger charge is -2.38. The van der Waals surface area contributed by atoms with Gasteiger partial charge in [-0.15, -0.1) is 0 Å². The molecule has 2 aliphatic heterocycles. The second-order valence-electron chi connectivity index (χ2n) is 4.90. The van der Waals surface area contributed by atoms with Crippen LogP contribution in [0.25, 0.3) is 0 Å². The molecule has 2 nitrogen and oxygen atoms in total. The fourth-order valence-corrected chi connectivity index (χ4v) is 2.98. The average molecular weight is 216 g/mol. The van der Waals surface area contributed by atoms with Gasteiger partial charge in [-0.05, 0) is 43.5 Å². The van der Waals surface area contributed by atoms with Crippen LogP contribution in [0, 0.1) is 0 Å². The lowest BCUT2D eigenvalue weighted by molar-refractivity contribution is 0.132. The molecule has 0 radical (unpaired) electrons. The normalized spacial score (nSPS) is 26.4. The molecule has 2 aliphatic rings. The second kappa shape index (κ2) is 4.56. The predicted molar refractivity (Wildman–Crippen MR) is 66.3 cm³/mol. The molecular formula is C14H20N2. The summed E-state index contributed by atoms with van der Waals surface area (Å²) in [6, 6.07) is 8.91. The Labute approximate surface area is 97.6 Å². The van der Waals surface area contributed by atoms with Crippen LogP contribution in [0.15, 0.2) is 24.3 Å². The Morgan fingerprint density at radius 1 is 1.06 bits per heavy atom. The zero-order valence-electron chi connectivity index (χ0n) is 9.78. The van der Waals surface area contributed by atoms with Gasteiger partial charge in [0.15, 0.2) is 0 Å². The summed E-state index contributed by atoms with van der Waals surface area (Å²) >= 11 is 0. The molecule has 2 heterocycles. The Morgan fingerprint density at radius 2 is 1.88 bits per heavy atom. The molecule has 86 valence electrons. The quantitative estimate of drug-likeness (QED) is 0.775. The smallest absolute Gasteiger partial charge is 0.0863 e. The monoisotopic (exact) mass is 216 g/mol. The Balaban J connectivity index is 1.86. The van der Waals surface area contributed by atoms with Crippen LogP contribution in [0.3, 0.4) is 0 Å². The highest BCUT2D eigenvalue weighted by Crippen LogP contribution is 2.27. The average Bonchev–Trinajstić information content (AvgIpc) is 2.39. The van der Waals surface area contributed by atoms with Gasteiger partial charge in [0.2, 0.25) is 0 Å². The molecule has 1 N–H and O–H groups in total. The van der Waals surface area contributed by atoms with Crippen LogP contribution in [0.1, 0.15) is 36.6 Å². The van der Waals surface area contributed by atoms with E-state index in [1.165, 1.54) is 49.9 Å². The van der Waals surface area contributed by atoms with Crippen LogP contribution >= 0.6 is 0 Å². The lowest BCUT2D eigenvalue weighted by atomic mass is 9.96. The number of hydrogen-bond acceptors (Lipinski definition) is 2. The van der Waals surface area contributed by atoms with Crippen LogP contribution in [-0.4, -0.2) is 24.5 Å². The fourth-order valence-electron chi connectivity index (χ4n) is 2.98. The summed E-state index contributed by atoms with van der Waals surface area (Å²) in [5.41, 5.74) is 3.05. The van der Waals surface area contributed by atoms with Crippen molar-refractivity contribution in [2.45, 2.75) is 31.8 Å². The second-order valence-corrected chi connectivity index (χ2v) is 4.90. The van der Waals surface area contributed by atoms with E-state index in [2.05, 4.69) is 34.5 Å². The number of fused-ring (bicyclic) bond motifs is 1. The van der Waals surface area contributed by atoms with Gasteiger partial charge in [-0.3, -0.25) is 10.2 Å². The molecule has 2 heteroatoms. The maximum atomic E-state index is 3.67. The predicted octanol–water partition coefficient (Wildman–Crippen LogP) is 2.32. The molecule has 0 aromatic heterocycles. The van der Waals surface area contributed by atoms with Crippen molar-refractivity contribution in [2.24, 2.45) is 0 Å². The van der Waals surface area contributed by atoms with E-state index in [-0.39, 0.29) is 0 Å². The van der Waals surface area contributed by atoms with E-state index in [0.717, 1.165) is 6.54 Å². The van der Waals surface area contributed by atoms with Gasteiger partial charge in [0.1, 0.15) is 0 Å². The SMILES string of the molecule is c1ccc2c(c1)CCNC2N1CCCCC1. The van der Waals surface area contributed by atoms with Crippen molar-refractivity contribution in [3.05, 3.63) is 35.4 Å². The standard InChI is InChI=1S/C14H20N2/c1-4-10-16(11-5-1)14-13-7-3-2-6-12(13)8-9-15-14/h2-3,6-7,14-15H,1,4-5,8-11H2. The molecule has 0 bridgehead atoms. The number of piperidine rings is 1. The molecule has 0 spiro atoms. The van der Waals surface area contributed by atoms with Gasteiger partial charge in [-0.2, -0.15) is 0 Å². The highest BCUT2D eigenvalue weighted by Gasteiger charge is 2.25. The number of likely N-dealkylation sites (tertiary alicyclic amines) is 1. The van der Waals surface area contributed by atoms with Crippen molar-refractivity contribution in [1.82, 2.24) is 10.2 Å². The van der Waals surface area contributed by atoms with Gasteiger partial charge in [-0.1, -0.05) is 30.7 Å². The van der Waals surface area contributed by atoms with E-state index in [0.29, 0.717) is 6.17 Å². The number of nitrogens with one attached hydrogen (secondary N) is 1. The van der Waals surface area contributed by atoms with E-state index >= 15 is 0 Å². The minimum Gasteiger partial charge on any atom is -0.298 e. The minimum absolute atomic E-state index is 0.477. The van der Waals surface area contributed by atoms with E-state index in [1.54, 1.807) is 0 Å². The molecule has 1 fully saturated rings. The molecule has 1 unspecified atom stereocenters. The van der Waals surface area contributed by atoms with Crippen molar-refractivity contribution >= 4 is 0 Å². The molecule has 16 heavy (non-hydrogen) atoms. The van der Waals surface area contributed by atoms with E-state index in [4.69, 9.17) is 0 Å². The molecular weight excluding hydrogens is 196 g/mol. The summed E-state index contributed by atoms with van der Waals surface area (Å²) in [5.74, 6) is 0. The first-order valence-corrected chi connectivity index (χ1v) is 6.50. The maximum Gasteiger partial charge on any atom is 0.0863 e. The fraction of sp³-hybridized carbons (Fsp3) is 0.571. The Kier molecular flexibility index (Phi) is 2.94. The zero-order chi connectivity index (χ0) is 10.8. The van der Waals surface area contributed by atoms with Gasteiger partial charge in [-0.25, -0.2) is 0 Å². The van der Waals surface area contributed by atoms with Gasteiger partial charge < -0.3 is 0 Å². The Hall–Kier alpha value is -0.860. The first-order valence-electron chi connectivity index (χ1n) is 6.50. The van der Waals surface area contributed by atoms with Crippen LogP contribution in [0.4, 0.5) is 0 Å². The third-order valence-electron chi connectivity index (χ3n) is 3.84. The van der Waals surface area contributed by atoms with Crippen molar-refractivity contribution in [3.8, 4) is 0 Å². The topological polar surface area (TPSA) is 15.3 Å². The van der Waals surface area contributed by atoms with Crippen LogP contribution in [0.2, 0.25) is 0 Å². The number of hydrogen-bond donors (Lipinski definition) is 1. The third kappa shape index (κ3) is 1.87. The van der Waals surface area contributed by atoms with Gasteiger partial charge >= 0.3 is 0 Å². The largest absolute Gasteiger partial charge is 0.298 e. The van der Waals surface area contributed by atoms with Crippen molar-refractivity contribution < 1.29 is 0 Å². The highest BCUT2D eigenvalue weighted by molar-refractivity contribution is 5.32. The molecule has 1 aromatic carbocycles. The Bertz CT molecular complexity index is 356. The summed E-state index contributed by atoms with van der Waals surface area (Å²) in [6.07, 6.45) is 5.79. The van der Waals surface area contributed by atoms with Crippen molar-refractivity contribution in [1.29, 1.82) is 0 Å². The van der Waals surface area contributed by atoms with Gasteiger partial charge in [0.25, 0.3) is 0 Å².